The summed E-state index contributed by atoms with van der Waals surface area (Å²) in [6.45, 7) is 6.53. The number of carbonyl (C=O) groups is 3. The lowest BCUT2D eigenvalue weighted by Gasteiger charge is -2.29. The SMILES string of the molecule is CC(C)c1ccccc1NC(=O)CN(CC(=O)O)C(C(=O)O)C(C)C. The smallest absolute Gasteiger partial charge is 0.321 e. The fourth-order valence-electron chi connectivity index (χ4n) is 2.78. The number of carbonyl (C=O) groups excluding carboxylic acids is 1. The number of carboxylic acids is 2. The number of benzene rings is 1. The summed E-state index contributed by atoms with van der Waals surface area (Å²) in [6.07, 6.45) is 0. The second-order valence-corrected chi connectivity index (χ2v) is 6.62. The highest BCUT2D eigenvalue weighted by molar-refractivity contribution is 5.93. The van der Waals surface area contributed by atoms with Crippen molar-refractivity contribution in [2.24, 2.45) is 5.92 Å². The lowest BCUT2D eigenvalue weighted by Crippen LogP contribution is -2.50. The number of nitrogens with one attached hydrogen (secondary N) is 1. The van der Waals surface area contributed by atoms with Crippen molar-refractivity contribution in [2.75, 3.05) is 18.4 Å². The van der Waals surface area contributed by atoms with E-state index in [0.29, 0.717) is 5.69 Å². The molecule has 0 fully saturated rings. The molecule has 1 aromatic carbocycles. The summed E-state index contributed by atoms with van der Waals surface area (Å²) in [4.78, 5) is 36.1. The minimum absolute atomic E-state index is 0.203. The number of anilines is 1. The van der Waals surface area contributed by atoms with Gasteiger partial charge in [0, 0.05) is 5.69 Å². The summed E-state index contributed by atoms with van der Waals surface area (Å²) < 4.78 is 0. The average Bonchev–Trinajstić information content (AvgIpc) is 2.45. The van der Waals surface area contributed by atoms with Crippen LogP contribution in [0.4, 0.5) is 5.69 Å². The maximum atomic E-state index is 12.4. The Kier molecular flexibility index (Phi) is 7.57. The first-order chi connectivity index (χ1) is 11.6. The standard InChI is InChI=1S/C18H26N2O5/c1-11(2)13-7-5-6-8-14(13)19-15(21)9-20(10-16(22)23)17(12(3)4)18(24)25/h5-8,11-12,17H,9-10H2,1-4H3,(H,19,21)(H,22,23)(H,24,25). The molecule has 1 unspecified atom stereocenters. The van der Waals surface area contributed by atoms with E-state index in [9.17, 15) is 19.5 Å². The van der Waals surface area contributed by atoms with Crippen LogP contribution in [0, 0.1) is 5.92 Å². The van der Waals surface area contributed by atoms with Crippen LogP contribution in [0.1, 0.15) is 39.2 Å². The molecule has 138 valence electrons. The molecule has 1 atom stereocenters. The van der Waals surface area contributed by atoms with Crippen LogP contribution >= 0.6 is 0 Å². The maximum absolute atomic E-state index is 12.4. The molecule has 1 aromatic rings. The molecule has 0 bridgehead atoms. The van der Waals surface area contributed by atoms with E-state index < -0.39 is 30.4 Å². The Morgan fingerprint density at radius 1 is 1.04 bits per heavy atom. The predicted octanol–water partition coefficient (Wildman–Crippen LogP) is 2.24. The van der Waals surface area contributed by atoms with E-state index in [2.05, 4.69) is 5.32 Å². The molecule has 1 rings (SSSR count). The molecule has 0 saturated carbocycles. The Hall–Kier alpha value is -2.41. The van der Waals surface area contributed by atoms with Gasteiger partial charge in [-0.05, 0) is 23.5 Å². The summed E-state index contributed by atoms with van der Waals surface area (Å²) in [5.41, 5.74) is 1.61. The zero-order valence-electron chi connectivity index (χ0n) is 15.0. The molecule has 0 aliphatic heterocycles. The molecule has 0 spiro atoms. The van der Waals surface area contributed by atoms with Gasteiger partial charge in [0.25, 0.3) is 0 Å². The number of hydrogen-bond acceptors (Lipinski definition) is 4. The first-order valence-electron chi connectivity index (χ1n) is 8.20. The van der Waals surface area contributed by atoms with Crippen LogP contribution in [0.2, 0.25) is 0 Å². The monoisotopic (exact) mass is 350 g/mol. The summed E-state index contributed by atoms with van der Waals surface area (Å²) in [7, 11) is 0. The summed E-state index contributed by atoms with van der Waals surface area (Å²) in [6, 6.07) is 6.29. The maximum Gasteiger partial charge on any atom is 0.321 e. The largest absolute Gasteiger partial charge is 0.480 e. The van der Waals surface area contributed by atoms with E-state index in [-0.39, 0.29) is 18.4 Å². The highest BCUT2D eigenvalue weighted by Gasteiger charge is 2.31. The normalized spacial score (nSPS) is 12.4. The van der Waals surface area contributed by atoms with Gasteiger partial charge in [0.2, 0.25) is 5.91 Å². The van der Waals surface area contributed by atoms with E-state index >= 15 is 0 Å². The minimum atomic E-state index is -1.18. The molecular formula is C18H26N2O5. The number of carboxylic acid groups (broad SMARTS) is 2. The number of amides is 1. The quantitative estimate of drug-likeness (QED) is 0.630. The third-order valence-corrected chi connectivity index (χ3v) is 3.82. The number of hydrogen-bond donors (Lipinski definition) is 3. The predicted molar refractivity (Wildman–Crippen MR) is 94.6 cm³/mol. The fraction of sp³-hybridized carbons (Fsp3) is 0.500. The van der Waals surface area contributed by atoms with Gasteiger partial charge in [-0.25, -0.2) is 0 Å². The Bertz CT molecular complexity index is 628. The van der Waals surface area contributed by atoms with Crippen LogP contribution in [0.5, 0.6) is 0 Å². The van der Waals surface area contributed by atoms with Crippen LogP contribution in [-0.2, 0) is 14.4 Å². The van der Waals surface area contributed by atoms with E-state index in [1.807, 2.05) is 26.0 Å². The van der Waals surface area contributed by atoms with Crippen LogP contribution < -0.4 is 5.32 Å². The Labute approximate surface area is 147 Å². The topological polar surface area (TPSA) is 107 Å². The molecule has 25 heavy (non-hydrogen) atoms. The fourth-order valence-corrected chi connectivity index (χ4v) is 2.78. The first-order valence-corrected chi connectivity index (χ1v) is 8.20. The van der Waals surface area contributed by atoms with Crippen molar-refractivity contribution in [2.45, 2.75) is 39.7 Å². The van der Waals surface area contributed by atoms with Gasteiger partial charge < -0.3 is 15.5 Å². The second-order valence-electron chi connectivity index (χ2n) is 6.62. The molecule has 0 aliphatic rings. The van der Waals surface area contributed by atoms with Gasteiger partial charge in [-0.3, -0.25) is 19.3 Å². The minimum Gasteiger partial charge on any atom is -0.480 e. The second kappa shape index (κ2) is 9.17. The first kappa shape index (κ1) is 20.6. The van der Waals surface area contributed by atoms with Crippen LogP contribution in [0.3, 0.4) is 0 Å². The lowest BCUT2D eigenvalue weighted by atomic mass is 10.0. The van der Waals surface area contributed by atoms with E-state index in [1.54, 1.807) is 26.0 Å². The van der Waals surface area contributed by atoms with E-state index in [1.165, 1.54) is 4.90 Å². The van der Waals surface area contributed by atoms with Crippen molar-refractivity contribution in [3.8, 4) is 0 Å². The summed E-state index contributed by atoms with van der Waals surface area (Å²) in [5.74, 6) is -2.91. The van der Waals surface area contributed by atoms with Gasteiger partial charge >= 0.3 is 11.9 Å². The molecule has 7 nitrogen and oxygen atoms in total. The molecular weight excluding hydrogens is 324 g/mol. The summed E-state index contributed by atoms with van der Waals surface area (Å²) in [5, 5.41) is 21.2. The van der Waals surface area contributed by atoms with Gasteiger partial charge in [0.1, 0.15) is 6.04 Å². The van der Waals surface area contributed by atoms with Crippen LogP contribution in [-0.4, -0.2) is 52.1 Å². The highest BCUT2D eigenvalue weighted by atomic mass is 16.4. The number of aliphatic carboxylic acids is 2. The van der Waals surface area contributed by atoms with Crippen molar-refractivity contribution >= 4 is 23.5 Å². The Morgan fingerprint density at radius 3 is 2.12 bits per heavy atom. The van der Waals surface area contributed by atoms with E-state index in [0.717, 1.165) is 5.56 Å². The van der Waals surface area contributed by atoms with Crippen molar-refractivity contribution in [1.82, 2.24) is 4.90 Å². The molecule has 0 saturated heterocycles. The molecule has 0 aliphatic carbocycles. The molecule has 0 aromatic heterocycles. The average molecular weight is 350 g/mol. The highest BCUT2D eigenvalue weighted by Crippen LogP contribution is 2.23. The number of para-hydroxylation sites is 1. The number of nitrogens with zero attached hydrogens (tertiary/aromatic N) is 1. The molecule has 1 amide bonds. The molecule has 3 N–H and O–H groups in total. The zero-order chi connectivity index (χ0) is 19.1. The van der Waals surface area contributed by atoms with Gasteiger partial charge in [-0.1, -0.05) is 45.9 Å². The third-order valence-electron chi connectivity index (χ3n) is 3.82. The van der Waals surface area contributed by atoms with Crippen molar-refractivity contribution in [3.05, 3.63) is 29.8 Å². The van der Waals surface area contributed by atoms with Crippen molar-refractivity contribution < 1.29 is 24.6 Å². The number of rotatable bonds is 9. The van der Waals surface area contributed by atoms with E-state index in [4.69, 9.17) is 5.11 Å². The molecule has 0 radical (unpaired) electrons. The third kappa shape index (κ3) is 6.19. The Balaban J connectivity index is 2.96. The van der Waals surface area contributed by atoms with Gasteiger partial charge in [-0.2, -0.15) is 0 Å². The van der Waals surface area contributed by atoms with Crippen LogP contribution in [0.15, 0.2) is 24.3 Å². The van der Waals surface area contributed by atoms with Crippen molar-refractivity contribution in [3.63, 3.8) is 0 Å². The zero-order valence-corrected chi connectivity index (χ0v) is 15.0. The molecule has 0 heterocycles. The lowest BCUT2D eigenvalue weighted by molar-refractivity contribution is -0.148. The Morgan fingerprint density at radius 2 is 1.64 bits per heavy atom. The van der Waals surface area contributed by atoms with Crippen molar-refractivity contribution in [1.29, 1.82) is 0 Å². The van der Waals surface area contributed by atoms with Gasteiger partial charge in [0.05, 0.1) is 13.1 Å². The summed E-state index contributed by atoms with van der Waals surface area (Å²) >= 11 is 0. The van der Waals surface area contributed by atoms with Gasteiger partial charge in [0.15, 0.2) is 0 Å². The molecule has 7 heteroatoms. The van der Waals surface area contributed by atoms with Crippen LogP contribution in [0.25, 0.3) is 0 Å². The van der Waals surface area contributed by atoms with Gasteiger partial charge in [-0.15, -0.1) is 0 Å².